The number of piperidine rings is 1. The molecule has 1 saturated heterocycles. The number of amides is 1. The molecule has 5 nitrogen and oxygen atoms in total. The van der Waals surface area contributed by atoms with Crippen LogP contribution in [0.1, 0.15) is 39.3 Å². The number of carbonyl (C=O) groups excluding carboxylic acids is 1. The standard InChI is InChI=1S/C20H25F3N4OS/c1-14-18(29-25-24-14)19(28)26(2)12-16-6-4-9-27(13-16)10-8-15-5-3-7-17(11-15)20(21,22)23/h3,5,7,11,16H,4,6,8-10,12-13H2,1-2H3/t16-/m1/s1. The minimum atomic E-state index is -4.31. The van der Waals surface area contributed by atoms with Crippen molar-refractivity contribution in [3.05, 3.63) is 46.0 Å². The van der Waals surface area contributed by atoms with E-state index in [1.165, 1.54) is 12.1 Å². The normalized spacial score (nSPS) is 18.0. The monoisotopic (exact) mass is 426 g/mol. The summed E-state index contributed by atoms with van der Waals surface area (Å²) >= 11 is 1.11. The van der Waals surface area contributed by atoms with Crippen LogP contribution >= 0.6 is 11.5 Å². The molecule has 9 heteroatoms. The number of nitrogens with zero attached hydrogens (tertiary/aromatic N) is 4. The maximum Gasteiger partial charge on any atom is 0.416 e. The molecule has 0 radical (unpaired) electrons. The number of alkyl halides is 3. The molecule has 1 aliphatic heterocycles. The minimum Gasteiger partial charge on any atom is -0.341 e. The summed E-state index contributed by atoms with van der Waals surface area (Å²) in [6.45, 7) is 4.92. The smallest absolute Gasteiger partial charge is 0.341 e. The Hall–Kier alpha value is -2.00. The van der Waals surface area contributed by atoms with Crippen molar-refractivity contribution in [2.75, 3.05) is 33.2 Å². The van der Waals surface area contributed by atoms with Crippen molar-refractivity contribution in [1.82, 2.24) is 19.4 Å². The Bertz CT molecular complexity index is 839. The molecule has 3 rings (SSSR count). The van der Waals surface area contributed by atoms with Gasteiger partial charge in [-0.1, -0.05) is 22.7 Å². The van der Waals surface area contributed by atoms with Gasteiger partial charge in [-0.25, -0.2) is 0 Å². The van der Waals surface area contributed by atoms with E-state index >= 15 is 0 Å². The van der Waals surface area contributed by atoms with E-state index in [4.69, 9.17) is 0 Å². The molecular formula is C20H25F3N4OS. The molecule has 2 heterocycles. The van der Waals surface area contributed by atoms with E-state index in [1.54, 1.807) is 24.9 Å². The molecule has 2 aromatic rings. The van der Waals surface area contributed by atoms with Crippen LogP contribution in [-0.4, -0.2) is 58.5 Å². The summed E-state index contributed by atoms with van der Waals surface area (Å²) in [6, 6.07) is 5.55. The van der Waals surface area contributed by atoms with Crippen LogP contribution in [0.4, 0.5) is 13.2 Å². The predicted octanol–water partition coefficient (Wildman–Crippen LogP) is 3.89. The van der Waals surface area contributed by atoms with Gasteiger partial charge in [-0.3, -0.25) is 4.79 Å². The second kappa shape index (κ2) is 9.21. The van der Waals surface area contributed by atoms with Gasteiger partial charge in [0.15, 0.2) is 0 Å². The number of rotatable bonds is 6. The molecule has 1 amide bonds. The second-order valence-corrected chi connectivity index (χ2v) is 8.38. The first-order chi connectivity index (χ1) is 13.7. The Morgan fingerprint density at radius 3 is 2.86 bits per heavy atom. The summed E-state index contributed by atoms with van der Waals surface area (Å²) in [6.07, 6.45) is -1.67. The predicted molar refractivity (Wildman–Crippen MR) is 106 cm³/mol. The maximum atomic E-state index is 12.9. The van der Waals surface area contributed by atoms with Crippen LogP contribution in [0, 0.1) is 12.8 Å². The summed E-state index contributed by atoms with van der Waals surface area (Å²) < 4.78 is 42.5. The molecule has 0 bridgehead atoms. The molecule has 29 heavy (non-hydrogen) atoms. The molecule has 0 N–H and O–H groups in total. The van der Waals surface area contributed by atoms with Crippen molar-refractivity contribution < 1.29 is 18.0 Å². The molecule has 0 saturated carbocycles. The first-order valence-electron chi connectivity index (χ1n) is 9.67. The molecule has 158 valence electrons. The highest BCUT2D eigenvalue weighted by atomic mass is 32.1. The second-order valence-electron chi connectivity index (χ2n) is 7.63. The Labute approximate surface area is 172 Å². The van der Waals surface area contributed by atoms with Gasteiger partial charge >= 0.3 is 6.18 Å². The topological polar surface area (TPSA) is 49.3 Å². The van der Waals surface area contributed by atoms with Crippen LogP contribution in [0.25, 0.3) is 0 Å². The molecule has 1 aromatic carbocycles. The molecule has 1 aromatic heterocycles. The minimum absolute atomic E-state index is 0.0569. The number of hydrogen-bond acceptors (Lipinski definition) is 5. The zero-order chi connectivity index (χ0) is 21.0. The first-order valence-corrected chi connectivity index (χ1v) is 10.4. The van der Waals surface area contributed by atoms with Gasteiger partial charge in [0.25, 0.3) is 5.91 Å². The molecule has 1 fully saturated rings. The van der Waals surface area contributed by atoms with Crippen LogP contribution in [0.5, 0.6) is 0 Å². The summed E-state index contributed by atoms with van der Waals surface area (Å²) in [7, 11) is 1.79. The largest absolute Gasteiger partial charge is 0.416 e. The van der Waals surface area contributed by atoms with Crippen molar-refractivity contribution >= 4 is 17.4 Å². The third kappa shape index (κ3) is 5.76. The lowest BCUT2D eigenvalue weighted by Gasteiger charge is -2.34. The SMILES string of the molecule is Cc1nnsc1C(=O)N(C)C[C@H]1CCCN(CCc2cccc(C(F)(F)F)c2)C1. The number of hydrogen-bond donors (Lipinski definition) is 0. The zero-order valence-electron chi connectivity index (χ0n) is 16.6. The molecule has 1 atom stereocenters. The van der Waals surface area contributed by atoms with Crippen LogP contribution in [0.15, 0.2) is 24.3 Å². The number of carbonyl (C=O) groups is 1. The first kappa shape index (κ1) is 21.7. The Morgan fingerprint density at radius 1 is 1.38 bits per heavy atom. The summed E-state index contributed by atoms with van der Waals surface area (Å²) in [5.74, 6) is 0.291. The van der Waals surface area contributed by atoms with E-state index in [2.05, 4.69) is 14.5 Å². The zero-order valence-corrected chi connectivity index (χ0v) is 17.4. The Morgan fingerprint density at radius 2 is 2.17 bits per heavy atom. The number of aromatic nitrogens is 2. The fourth-order valence-electron chi connectivity index (χ4n) is 3.77. The van der Waals surface area contributed by atoms with E-state index in [0.29, 0.717) is 41.6 Å². The van der Waals surface area contributed by atoms with Gasteiger partial charge in [0.05, 0.1) is 11.3 Å². The van der Waals surface area contributed by atoms with Gasteiger partial charge in [-0.05, 0) is 61.8 Å². The molecule has 1 aliphatic rings. The average molecular weight is 427 g/mol. The Balaban J connectivity index is 1.52. The highest BCUT2D eigenvalue weighted by Crippen LogP contribution is 2.29. The van der Waals surface area contributed by atoms with Gasteiger partial charge in [0.1, 0.15) is 4.88 Å². The molecule has 0 aliphatic carbocycles. The fourth-order valence-corrected chi connectivity index (χ4v) is 4.42. The van der Waals surface area contributed by atoms with E-state index in [-0.39, 0.29) is 5.91 Å². The van der Waals surface area contributed by atoms with Crippen LogP contribution in [0.2, 0.25) is 0 Å². The fraction of sp³-hybridized carbons (Fsp3) is 0.550. The quantitative estimate of drug-likeness (QED) is 0.703. The Kier molecular flexibility index (Phi) is 6.89. The van der Waals surface area contributed by atoms with Crippen molar-refractivity contribution in [2.24, 2.45) is 5.92 Å². The number of benzene rings is 1. The van der Waals surface area contributed by atoms with E-state index < -0.39 is 11.7 Å². The molecule has 0 spiro atoms. The van der Waals surface area contributed by atoms with Crippen LogP contribution < -0.4 is 0 Å². The van der Waals surface area contributed by atoms with Gasteiger partial charge in [0.2, 0.25) is 0 Å². The van der Waals surface area contributed by atoms with Crippen molar-refractivity contribution in [2.45, 2.75) is 32.4 Å². The van der Waals surface area contributed by atoms with Crippen molar-refractivity contribution in [3.63, 3.8) is 0 Å². The van der Waals surface area contributed by atoms with Gasteiger partial charge in [-0.15, -0.1) is 5.10 Å². The average Bonchev–Trinajstić information content (AvgIpc) is 3.11. The van der Waals surface area contributed by atoms with E-state index in [0.717, 1.165) is 43.5 Å². The van der Waals surface area contributed by atoms with Crippen molar-refractivity contribution in [3.8, 4) is 0 Å². The number of aryl methyl sites for hydroxylation is 1. The van der Waals surface area contributed by atoms with Gasteiger partial charge in [0, 0.05) is 26.7 Å². The summed E-state index contributed by atoms with van der Waals surface area (Å²) in [5.41, 5.74) is 0.750. The number of halogens is 3. The number of likely N-dealkylation sites (tertiary alicyclic amines) is 1. The third-order valence-electron chi connectivity index (χ3n) is 5.30. The van der Waals surface area contributed by atoms with Gasteiger partial charge < -0.3 is 9.80 Å². The van der Waals surface area contributed by atoms with Gasteiger partial charge in [-0.2, -0.15) is 13.2 Å². The molecule has 0 unspecified atom stereocenters. The maximum absolute atomic E-state index is 12.9. The van der Waals surface area contributed by atoms with E-state index in [1.807, 2.05) is 0 Å². The van der Waals surface area contributed by atoms with Crippen molar-refractivity contribution in [1.29, 1.82) is 0 Å². The lowest BCUT2D eigenvalue weighted by molar-refractivity contribution is -0.137. The third-order valence-corrected chi connectivity index (χ3v) is 6.11. The van der Waals surface area contributed by atoms with E-state index in [9.17, 15) is 18.0 Å². The summed E-state index contributed by atoms with van der Waals surface area (Å²) in [5, 5.41) is 3.90. The molecular weight excluding hydrogens is 401 g/mol. The van der Waals surface area contributed by atoms with Crippen LogP contribution in [0.3, 0.4) is 0 Å². The lowest BCUT2D eigenvalue weighted by atomic mass is 9.97. The van der Waals surface area contributed by atoms with Crippen LogP contribution in [-0.2, 0) is 12.6 Å². The lowest BCUT2D eigenvalue weighted by Crippen LogP contribution is -2.42. The summed E-state index contributed by atoms with van der Waals surface area (Å²) in [4.78, 5) is 17.1. The highest BCUT2D eigenvalue weighted by Gasteiger charge is 2.30. The highest BCUT2D eigenvalue weighted by molar-refractivity contribution is 7.07.